The number of nitrogens with zero attached hydrogens (tertiary/aromatic N) is 7. The predicted molar refractivity (Wildman–Crippen MR) is 146 cm³/mol. The van der Waals surface area contributed by atoms with Crippen LogP contribution in [0.15, 0.2) is 67.0 Å². The van der Waals surface area contributed by atoms with Crippen LogP contribution in [0.2, 0.25) is 5.02 Å². The van der Waals surface area contributed by atoms with E-state index in [1.807, 2.05) is 79.0 Å². The van der Waals surface area contributed by atoms with Crippen LogP contribution in [-0.2, 0) is 18.3 Å². The van der Waals surface area contributed by atoms with Crippen molar-refractivity contribution in [2.24, 2.45) is 7.05 Å². The van der Waals surface area contributed by atoms with Crippen molar-refractivity contribution in [2.75, 3.05) is 24.3 Å². The summed E-state index contributed by atoms with van der Waals surface area (Å²) < 4.78 is 3.78. The summed E-state index contributed by atoms with van der Waals surface area (Å²) in [5, 5.41) is 17.2. The fraction of sp³-hybridized carbons (Fsp3) is 0.222. The van der Waals surface area contributed by atoms with Crippen molar-refractivity contribution < 1.29 is 4.79 Å². The summed E-state index contributed by atoms with van der Waals surface area (Å²) in [6.45, 7) is 0. The molecule has 1 N–H and O–H groups in total. The first kappa shape index (κ1) is 24.5. The fourth-order valence-electron chi connectivity index (χ4n) is 4.39. The smallest absolute Gasteiger partial charge is 0.163 e. The van der Waals surface area contributed by atoms with Crippen molar-refractivity contribution >= 4 is 41.0 Å². The minimum Gasteiger partial charge on any atom is -0.364 e. The number of halogens is 1. The number of carbonyl (C=O) groups is 1. The Morgan fingerprint density at radius 1 is 1.03 bits per heavy atom. The second kappa shape index (κ2) is 10.4. The van der Waals surface area contributed by atoms with Crippen molar-refractivity contribution in [1.29, 1.82) is 0 Å². The van der Waals surface area contributed by atoms with Gasteiger partial charge in [0.1, 0.15) is 29.6 Å². The minimum absolute atomic E-state index is 0.131. The van der Waals surface area contributed by atoms with E-state index in [0.29, 0.717) is 29.3 Å². The molecule has 5 rings (SSSR count). The topological polar surface area (TPSA) is 93.2 Å². The lowest BCUT2D eigenvalue weighted by Gasteiger charge is -2.20. The lowest BCUT2D eigenvalue weighted by atomic mass is 9.96. The molecule has 0 aliphatic carbocycles. The summed E-state index contributed by atoms with van der Waals surface area (Å²) in [6.07, 6.45) is 5.44. The van der Waals surface area contributed by atoms with Crippen molar-refractivity contribution in [3.63, 3.8) is 0 Å². The third-order valence-electron chi connectivity index (χ3n) is 6.28. The van der Waals surface area contributed by atoms with Crippen LogP contribution in [0, 0.1) is 0 Å². The second-order valence-electron chi connectivity index (χ2n) is 9.07. The van der Waals surface area contributed by atoms with E-state index in [2.05, 4.69) is 31.7 Å². The van der Waals surface area contributed by atoms with Crippen LogP contribution in [0.5, 0.6) is 0 Å². The van der Waals surface area contributed by atoms with Crippen LogP contribution in [-0.4, -0.2) is 49.7 Å². The fourth-order valence-corrected chi connectivity index (χ4v) is 4.52. The van der Waals surface area contributed by atoms with Crippen molar-refractivity contribution in [1.82, 2.24) is 29.4 Å². The van der Waals surface area contributed by atoms with Gasteiger partial charge in [0.25, 0.3) is 0 Å². The van der Waals surface area contributed by atoms with Crippen LogP contribution >= 0.6 is 11.6 Å². The molecule has 5 aromatic rings. The highest BCUT2D eigenvalue weighted by molar-refractivity contribution is 6.30. The lowest BCUT2D eigenvalue weighted by Crippen LogP contribution is -2.16. The van der Waals surface area contributed by atoms with Crippen LogP contribution in [0.25, 0.3) is 16.8 Å². The Balaban J connectivity index is 1.54. The third-order valence-corrected chi connectivity index (χ3v) is 6.53. The van der Waals surface area contributed by atoms with Gasteiger partial charge in [-0.15, -0.1) is 10.2 Å². The average Bonchev–Trinajstić information content (AvgIpc) is 3.50. The average molecular weight is 515 g/mol. The number of hydrogen-bond acceptors (Lipinski definition) is 7. The number of benzene rings is 1. The zero-order valence-corrected chi connectivity index (χ0v) is 21.6. The highest BCUT2D eigenvalue weighted by Crippen LogP contribution is 2.32. The van der Waals surface area contributed by atoms with Crippen LogP contribution < -0.4 is 10.2 Å². The summed E-state index contributed by atoms with van der Waals surface area (Å²) in [6, 6.07) is 17.6. The van der Waals surface area contributed by atoms with Gasteiger partial charge in [-0.1, -0.05) is 23.7 Å². The lowest BCUT2D eigenvalue weighted by molar-refractivity contribution is -0.108. The van der Waals surface area contributed by atoms with E-state index < -0.39 is 0 Å². The van der Waals surface area contributed by atoms with Gasteiger partial charge in [0, 0.05) is 50.8 Å². The van der Waals surface area contributed by atoms with Crippen LogP contribution in [0.3, 0.4) is 0 Å². The van der Waals surface area contributed by atoms with Gasteiger partial charge in [-0.2, -0.15) is 5.10 Å². The number of aldehydes is 1. The van der Waals surface area contributed by atoms with E-state index in [9.17, 15) is 4.79 Å². The maximum Gasteiger partial charge on any atom is 0.163 e. The van der Waals surface area contributed by atoms with Gasteiger partial charge in [0.05, 0.1) is 6.20 Å². The molecule has 188 valence electrons. The summed E-state index contributed by atoms with van der Waals surface area (Å²) in [7, 11) is 5.84. The number of nitrogens with one attached hydrogen (secondary N) is 1. The summed E-state index contributed by atoms with van der Waals surface area (Å²) in [5.74, 6) is 3.09. The predicted octanol–water partition coefficient (Wildman–Crippen LogP) is 4.90. The molecule has 1 unspecified atom stereocenters. The molecule has 4 heterocycles. The van der Waals surface area contributed by atoms with Gasteiger partial charge in [0.15, 0.2) is 5.65 Å². The van der Waals surface area contributed by atoms with Gasteiger partial charge in [-0.3, -0.25) is 9.08 Å². The maximum absolute atomic E-state index is 11.6. The van der Waals surface area contributed by atoms with Crippen LogP contribution in [0.4, 0.5) is 17.5 Å². The Morgan fingerprint density at radius 2 is 1.84 bits per heavy atom. The van der Waals surface area contributed by atoms with Crippen molar-refractivity contribution in [3.05, 3.63) is 83.4 Å². The molecule has 37 heavy (non-hydrogen) atoms. The molecule has 0 amide bonds. The normalized spacial score (nSPS) is 12.0. The molecular weight excluding hydrogens is 488 g/mol. The van der Waals surface area contributed by atoms with E-state index in [-0.39, 0.29) is 5.92 Å². The first-order valence-electron chi connectivity index (χ1n) is 11.9. The molecule has 0 saturated carbocycles. The van der Waals surface area contributed by atoms with Gasteiger partial charge in [-0.25, -0.2) is 4.98 Å². The maximum atomic E-state index is 11.6. The highest BCUT2D eigenvalue weighted by Gasteiger charge is 2.22. The number of pyridine rings is 2. The zero-order chi connectivity index (χ0) is 25.9. The summed E-state index contributed by atoms with van der Waals surface area (Å²) >= 11 is 6.06. The van der Waals surface area contributed by atoms with Crippen molar-refractivity contribution in [3.8, 4) is 11.1 Å². The highest BCUT2D eigenvalue weighted by atomic mass is 35.5. The van der Waals surface area contributed by atoms with E-state index in [4.69, 9.17) is 11.6 Å². The van der Waals surface area contributed by atoms with Gasteiger partial charge >= 0.3 is 0 Å². The molecule has 10 heteroatoms. The summed E-state index contributed by atoms with van der Waals surface area (Å²) in [4.78, 5) is 18.1. The molecule has 0 fully saturated rings. The molecule has 1 atom stereocenters. The van der Waals surface area contributed by atoms with Crippen LogP contribution in [0.1, 0.15) is 23.7 Å². The molecule has 0 aliphatic rings. The van der Waals surface area contributed by atoms with Gasteiger partial charge < -0.3 is 15.0 Å². The molecule has 0 spiro atoms. The molecule has 0 radical (unpaired) electrons. The number of rotatable bonds is 9. The van der Waals surface area contributed by atoms with E-state index in [1.54, 1.807) is 17.1 Å². The first-order chi connectivity index (χ1) is 17.9. The van der Waals surface area contributed by atoms with Crippen molar-refractivity contribution in [2.45, 2.75) is 18.8 Å². The monoisotopic (exact) mass is 514 g/mol. The Bertz CT molecular complexity index is 1540. The standard InChI is InChI=1S/C27H27ClN8O/c1-34(2)26-17-21(19-8-11-29-23(15-19)31-24-9-12-30-35(24)3)16-25-32-33-27(36(25)26)20(10-13-37)14-18-4-6-22(28)7-5-18/h4-9,11-13,15-17,20H,10,14H2,1-3H3,(H,29,31). The Kier molecular flexibility index (Phi) is 6.87. The molecule has 9 nitrogen and oxygen atoms in total. The number of fused-ring (bicyclic) bond motifs is 1. The summed E-state index contributed by atoms with van der Waals surface area (Å²) in [5.41, 5.74) is 3.76. The number of carbonyl (C=O) groups excluding carboxylic acids is 1. The molecule has 0 bridgehead atoms. The van der Waals surface area contributed by atoms with E-state index >= 15 is 0 Å². The largest absolute Gasteiger partial charge is 0.364 e. The van der Waals surface area contributed by atoms with E-state index in [1.165, 1.54) is 0 Å². The van der Waals surface area contributed by atoms with E-state index in [0.717, 1.165) is 40.4 Å². The molecule has 4 aromatic heterocycles. The molecule has 0 saturated heterocycles. The number of aromatic nitrogens is 6. The number of aryl methyl sites for hydroxylation is 1. The molecule has 1 aromatic carbocycles. The third kappa shape index (κ3) is 5.17. The zero-order valence-electron chi connectivity index (χ0n) is 20.8. The Hall–Kier alpha value is -4.24. The quantitative estimate of drug-likeness (QED) is 0.279. The second-order valence-corrected chi connectivity index (χ2v) is 9.51. The minimum atomic E-state index is -0.131. The number of anilines is 3. The number of hydrogen-bond donors (Lipinski definition) is 1. The Morgan fingerprint density at radius 3 is 2.54 bits per heavy atom. The van der Waals surface area contributed by atoms with Gasteiger partial charge in [-0.05, 0) is 59.5 Å². The Labute approximate surface area is 219 Å². The first-order valence-corrected chi connectivity index (χ1v) is 12.3. The molecular formula is C27H27ClN8O. The molecule has 0 aliphatic heterocycles. The SMILES string of the molecule is CN(C)c1cc(-c2ccnc(Nc3ccnn3C)c2)cc2nnc(C(CC=O)Cc3ccc(Cl)cc3)n12. The van der Waals surface area contributed by atoms with Gasteiger partial charge in [0.2, 0.25) is 0 Å².